The molecule has 2 aromatic carbocycles. The third-order valence-corrected chi connectivity index (χ3v) is 6.01. The zero-order chi connectivity index (χ0) is 17.4. The van der Waals surface area contributed by atoms with Crippen LogP contribution in [0.1, 0.15) is 9.67 Å². The van der Waals surface area contributed by atoms with E-state index in [0.29, 0.717) is 4.88 Å². The number of nitrogens with zero attached hydrogens (tertiary/aromatic N) is 2. The van der Waals surface area contributed by atoms with Gasteiger partial charge in [-0.05, 0) is 35.1 Å². The fraction of sp³-hybridized carbons (Fsp3) is 0.0556. The van der Waals surface area contributed by atoms with E-state index in [9.17, 15) is 4.79 Å². The van der Waals surface area contributed by atoms with Gasteiger partial charge in [0.1, 0.15) is 0 Å². The number of amides is 1. The molecule has 0 saturated carbocycles. The Balaban J connectivity index is 1.75. The normalized spacial score (nSPS) is 12.0. The van der Waals surface area contributed by atoms with E-state index in [1.807, 2.05) is 35.2 Å². The van der Waals surface area contributed by atoms with Crippen LogP contribution in [0.4, 0.5) is 0 Å². The lowest BCUT2D eigenvalue weighted by atomic mass is 10.1. The number of aryl methyl sites for hydroxylation is 1. The molecule has 4 aromatic rings. The summed E-state index contributed by atoms with van der Waals surface area (Å²) in [6.45, 7) is 0. The second kappa shape index (κ2) is 6.51. The van der Waals surface area contributed by atoms with Gasteiger partial charge in [0.25, 0.3) is 5.91 Å². The molecule has 0 atom stereocenters. The number of fused-ring (bicyclic) bond motifs is 3. The predicted octanol–water partition coefficient (Wildman–Crippen LogP) is 4.07. The third-order valence-electron chi connectivity index (χ3n) is 3.85. The van der Waals surface area contributed by atoms with Gasteiger partial charge in [0.15, 0.2) is 4.80 Å². The summed E-state index contributed by atoms with van der Waals surface area (Å²) in [6.07, 6.45) is 0. The maximum absolute atomic E-state index is 12.1. The summed E-state index contributed by atoms with van der Waals surface area (Å²) in [5.41, 5.74) is 1.12. The molecule has 1 N–H and O–H groups in total. The highest BCUT2D eigenvalue weighted by Gasteiger charge is 2.10. The average Bonchev–Trinajstić information content (AvgIpc) is 3.24. The Morgan fingerprint density at radius 3 is 2.80 bits per heavy atom. The number of aromatic nitrogens is 1. The van der Waals surface area contributed by atoms with E-state index in [2.05, 4.69) is 34.6 Å². The number of benzene rings is 2. The Hall–Kier alpha value is -2.35. The summed E-state index contributed by atoms with van der Waals surface area (Å²) < 4.78 is 3.15. The van der Waals surface area contributed by atoms with Crippen LogP contribution in [-0.2, 0) is 7.05 Å². The number of hydrogen-bond acceptors (Lipinski definition) is 4. The Labute approximate surface area is 157 Å². The molecule has 0 unspecified atom stereocenters. The molecule has 1 amide bonds. The fourth-order valence-corrected chi connectivity index (χ4v) is 4.60. The van der Waals surface area contributed by atoms with Crippen molar-refractivity contribution in [1.29, 1.82) is 0 Å². The second-order valence-corrected chi connectivity index (χ2v) is 7.77. The zero-order valence-electron chi connectivity index (χ0n) is 13.2. The van der Waals surface area contributed by atoms with Crippen LogP contribution < -0.4 is 10.1 Å². The first-order valence-electron chi connectivity index (χ1n) is 7.54. The van der Waals surface area contributed by atoms with Crippen molar-refractivity contribution in [2.75, 3.05) is 0 Å². The minimum atomic E-state index is -0.224. The molecule has 0 aliphatic heterocycles. The van der Waals surface area contributed by atoms with Crippen LogP contribution in [0.3, 0.4) is 0 Å². The van der Waals surface area contributed by atoms with E-state index in [0.717, 1.165) is 15.0 Å². The molecule has 4 rings (SSSR count). The maximum atomic E-state index is 12.1. The Kier molecular flexibility index (Phi) is 4.20. The molecule has 0 aliphatic rings. The van der Waals surface area contributed by atoms with Crippen LogP contribution >= 0.6 is 34.9 Å². The molecular formula is C18H13N3OS3. The van der Waals surface area contributed by atoms with Crippen molar-refractivity contribution in [2.24, 2.45) is 12.0 Å². The van der Waals surface area contributed by atoms with Crippen LogP contribution in [0.25, 0.3) is 21.0 Å². The molecule has 124 valence electrons. The summed E-state index contributed by atoms with van der Waals surface area (Å²) in [7, 11) is 1.97. The van der Waals surface area contributed by atoms with Gasteiger partial charge in [-0.3, -0.25) is 10.1 Å². The van der Waals surface area contributed by atoms with E-state index >= 15 is 0 Å². The van der Waals surface area contributed by atoms with Gasteiger partial charge >= 0.3 is 0 Å². The quantitative estimate of drug-likeness (QED) is 0.504. The van der Waals surface area contributed by atoms with Gasteiger partial charge in [0.2, 0.25) is 5.11 Å². The van der Waals surface area contributed by atoms with Crippen molar-refractivity contribution >= 4 is 66.9 Å². The Bertz CT molecular complexity index is 1170. The summed E-state index contributed by atoms with van der Waals surface area (Å²) in [5.74, 6) is -0.224. The molecule has 0 saturated heterocycles. The molecule has 0 aliphatic carbocycles. The lowest BCUT2D eigenvalue weighted by molar-refractivity contribution is 0.0981. The van der Waals surface area contributed by atoms with E-state index in [1.54, 1.807) is 17.4 Å². The van der Waals surface area contributed by atoms with Gasteiger partial charge in [-0.2, -0.15) is 4.99 Å². The monoisotopic (exact) mass is 383 g/mol. The largest absolute Gasteiger partial charge is 0.319 e. The summed E-state index contributed by atoms with van der Waals surface area (Å²) in [4.78, 5) is 17.9. The number of thiocarbonyl (C=S) groups is 1. The lowest BCUT2D eigenvalue weighted by Crippen LogP contribution is -2.29. The minimum Gasteiger partial charge on any atom is -0.319 e. The van der Waals surface area contributed by atoms with Gasteiger partial charge in [0, 0.05) is 12.4 Å². The average molecular weight is 384 g/mol. The van der Waals surface area contributed by atoms with E-state index in [-0.39, 0.29) is 11.0 Å². The highest BCUT2D eigenvalue weighted by atomic mass is 32.1. The second-order valence-electron chi connectivity index (χ2n) is 5.43. The van der Waals surface area contributed by atoms with Crippen LogP contribution in [0, 0.1) is 0 Å². The number of thiazole rings is 1. The molecule has 0 bridgehead atoms. The van der Waals surface area contributed by atoms with Crippen molar-refractivity contribution in [3.63, 3.8) is 0 Å². The molecule has 7 heteroatoms. The van der Waals surface area contributed by atoms with Crippen LogP contribution in [0.15, 0.2) is 58.9 Å². The topological polar surface area (TPSA) is 46.4 Å². The highest BCUT2D eigenvalue weighted by molar-refractivity contribution is 7.80. The van der Waals surface area contributed by atoms with Gasteiger partial charge in [-0.15, -0.1) is 11.3 Å². The van der Waals surface area contributed by atoms with Gasteiger partial charge in [-0.1, -0.05) is 47.7 Å². The van der Waals surface area contributed by atoms with Crippen molar-refractivity contribution in [3.05, 3.63) is 63.6 Å². The fourth-order valence-electron chi connectivity index (χ4n) is 2.71. The van der Waals surface area contributed by atoms with Crippen molar-refractivity contribution < 1.29 is 4.79 Å². The molecule has 2 aromatic heterocycles. The summed E-state index contributed by atoms with van der Waals surface area (Å²) in [6, 6.07) is 16.0. The van der Waals surface area contributed by atoms with Gasteiger partial charge < -0.3 is 4.57 Å². The van der Waals surface area contributed by atoms with Gasteiger partial charge in [0.05, 0.1) is 15.1 Å². The molecule has 25 heavy (non-hydrogen) atoms. The van der Waals surface area contributed by atoms with Crippen molar-refractivity contribution in [2.45, 2.75) is 0 Å². The number of carbonyl (C=O) groups is 1. The Morgan fingerprint density at radius 2 is 2.00 bits per heavy atom. The van der Waals surface area contributed by atoms with Crippen LogP contribution in [0.5, 0.6) is 0 Å². The smallest absolute Gasteiger partial charge is 0.267 e. The predicted molar refractivity (Wildman–Crippen MR) is 108 cm³/mol. The Morgan fingerprint density at radius 1 is 1.16 bits per heavy atom. The van der Waals surface area contributed by atoms with Gasteiger partial charge in [-0.25, -0.2) is 0 Å². The highest BCUT2D eigenvalue weighted by Crippen LogP contribution is 2.26. The molecule has 4 nitrogen and oxygen atoms in total. The summed E-state index contributed by atoms with van der Waals surface area (Å²) >= 11 is 8.17. The van der Waals surface area contributed by atoms with Crippen LogP contribution in [0.2, 0.25) is 0 Å². The SMILES string of the molecule is Cn1/c(=N\C(=S)NC(=O)c2cccs2)sc2ccc3ccccc3c21. The molecule has 0 fully saturated rings. The molecule has 2 heterocycles. The van der Waals surface area contributed by atoms with E-state index in [1.165, 1.54) is 22.1 Å². The van der Waals surface area contributed by atoms with Crippen molar-refractivity contribution in [1.82, 2.24) is 9.88 Å². The standard InChI is InChI=1S/C18H13N3OS3/c1-21-15-12-6-3-2-5-11(12)8-9-13(15)25-18(21)20-17(23)19-16(22)14-7-4-10-24-14/h2-10H,1H3,(H,19,22,23)/b20-18+. The summed E-state index contributed by atoms with van der Waals surface area (Å²) in [5, 5.41) is 7.05. The third kappa shape index (κ3) is 3.02. The first-order valence-corrected chi connectivity index (χ1v) is 9.65. The van der Waals surface area contributed by atoms with E-state index in [4.69, 9.17) is 12.2 Å². The number of hydrogen-bond donors (Lipinski definition) is 1. The number of rotatable bonds is 1. The maximum Gasteiger partial charge on any atom is 0.267 e. The first-order chi connectivity index (χ1) is 12.1. The lowest BCUT2D eigenvalue weighted by Gasteiger charge is -2.02. The number of carbonyl (C=O) groups excluding carboxylic acids is 1. The molecule has 0 radical (unpaired) electrons. The van der Waals surface area contributed by atoms with E-state index < -0.39 is 0 Å². The zero-order valence-corrected chi connectivity index (χ0v) is 15.7. The number of thiophene rings is 1. The number of nitrogens with one attached hydrogen (secondary N) is 1. The first kappa shape index (κ1) is 16.1. The molecule has 0 spiro atoms. The minimum absolute atomic E-state index is 0.171. The van der Waals surface area contributed by atoms with Crippen molar-refractivity contribution in [3.8, 4) is 0 Å². The molecular weight excluding hydrogens is 370 g/mol. The van der Waals surface area contributed by atoms with Crippen LogP contribution in [-0.4, -0.2) is 15.6 Å².